The molecule has 0 saturated carbocycles. The molecule has 3 N–H and O–H groups in total. The van der Waals surface area contributed by atoms with Gasteiger partial charge in [0.25, 0.3) is 0 Å². The number of alkyl carbamates (subject to hydrolysis) is 1. The van der Waals surface area contributed by atoms with Crippen LogP contribution in [-0.4, -0.2) is 68.9 Å². The van der Waals surface area contributed by atoms with Crippen LogP contribution in [0.5, 0.6) is 5.75 Å². The molecule has 1 aromatic rings. The van der Waals surface area contributed by atoms with Crippen LogP contribution in [0.4, 0.5) is 4.79 Å². The molecule has 2 rings (SSSR count). The van der Waals surface area contributed by atoms with E-state index >= 15 is 0 Å². The average molecular weight is 562 g/mol. The van der Waals surface area contributed by atoms with Crippen molar-refractivity contribution < 1.29 is 14.3 Å². The van der Waals surface area contributed by atoms with E-state index in [9.17, 15) is 4.79 Å². The zero-order chi connectivity index (χ0) is 22.7. The van der Waals surface area contributed by atoms with E-state index in [0.717, 1.165) is 31.3 Å². The number of methoxy groups -OCH3 is 1. The minimum Gasteiger partial charge on any atom is -0.497 e. The zero-order valence-corrected chi connectivity index (χ0v) is 22.4. The number of nitrogens with zero attached hydrogens (tertiary/aromatic N) is 2. The summed E-state index contributed by atoms with van der Waals surface area (Å²) in [6, 6.07) is 8.45. The highest BCUT2D eigenvalue weighted by Crippen LogP contribution is 2.27. The monoisotopic (exact) mass is 561 g/mol. The predicted molar refractivity (Wildman–Crippen MR) is 140 cm³/mol. The largest absolute Gasteiger partial charge is 0.497 e. The van der Waals surface area contributed by atoms with Crippen molar-refractivity contribution >= 4 is 36.0 Å². The van der Waals surface area contributed by atoms with Crippen LogP contribution in [-0.2, 0) is 4.74 Å². The topological polar surface area (TPSA) is 87.2 Å². The lowest BCUT2D eigenvalue weighted by atomic mass is 10.1. The lowest BCUT2D eigenvalue weighted by Gasteiger charge is -2.27. The van der Waals surface area contributed by atoms with Crippen LogP contribution in [0.15, 0.2) is 29.3 Å². The molecule has 0 spiro atoms. The van der Waals surface area contributed by atoms with Crippen molar-refractivity contribution in [2.45, 2.75) is 52.2 Å². The molecule has 8 nitrogen and oxygen atoms in total. The number of benzene rings is 1. The maximum atomic E-state index is 11.8. The number of carbonyl (C=O) groups is 1. The van der Waals surface area contributed by atoms with Gasteiger partial charge in [-0.3, -0.25) is 9.89 Å². The molecule has 1 unspecified atom stereocenters. The smallest absolute Gasteiger partial charge is 0.407 e. The SMILES string of the molecule is CCNC(=NCC(c1cccc(OC)c1)N1CCCC1)NCCNC(=O)OC(C)(C)C.I. The van der Waals surface area contributed by atoms with E-state index in [0.29, 0.717) is 19.6 Å². The number of nitrogens with one attached hydrogen (secondary N) is 3. The average Bonchev–Trinajstić information content (AvgIpc) is 3.24. The van der Waals surface area contributed by atoms with Crippen molar-refractivity contribution in [2.75, 3.05) is 46.4 Å². The first kappa shape index (κ1) is 28.3. The number of likely N-dealkylation sites (tertiary alicyclic amines) is 1. The molecule has 1 heterocycles. The fraction of sp³-hybridized carbons (Fsp3) is 0.652. The molecular formula is C23H40IN5O3. The van der Waals surface area contributed by atoms with Crippen molar-refractivity contribution in [3.8, 4) is 5.75 Å². The quantitative estimate of drug-likeness (QED) is 0.185. The van der Waals surface area contributed by atoms with Crippen molar-refractivity contribution in [3.05, 3.63) is 29.8 Å². The molecule has 1 fully saturated rings. The second kappa shape index (κ2) is 14.4. The van der Waals surface area contributed by atoms with Crippen LogP contribution in [0, 0.1) is 0 Å². The first-order valence-electron chi connectivity index (χ1n) is 11.2. The summed E-state index contributed by atoms with van der Waals surface area (Å²) in [6.45, 7) is 12.2. The second-order valence-electron chi connectivity index (χ2n) is 8.61. The summed E-state index contributed by atoms with van der Waals surface area (Å²) in [7, 11) is 1.70. The molecule has 1 atom stereocenters. The third-order valence-corrected chi connectivity index (χ3v) is 4.91. The molecule has 1 aromatic carbocycles. The summed E-state index contributed by atoms with van der Waals surface area (Å²) >= 11 is 0. The third-order valence-electron chi connectivity index (χ3n) is 4.91. The van der Waals surface area contributed by atoms with E-state index in [1.807, 2.05) is 39.8 Å². The number of hydrogen-bond donors (Lipinski definition) is 3. The highest BCUT2D eigenvalue weighted by molar-refractivity contribution is 14.0. The van der Waals surface area contributed by atoms with E-state index in [-0.39, 0.29) is 30.0 Å². The molecule has 0 bridgehead atoms. The minimum atomic E-state index is -0.501. The molecule has 1 amide bonds. The van der Waals surface area contributed by atoms with E-state index in [4.69, 9.17) is 14.5 Å². The number of hydrogen-bond acceptors (Lipinski definition) is 5. The van der Waals surface area contributed by atoms with Gasteiger partial charge in [0.15, 0.2) is 5.96 Å². The van der Waals surface area contributed by atoms with Gasteiger partial charge in [0.2, 0.25) is 0 Å². The van der Waals surface area contributed by atoms with Crippen LogP contribution in [0.3, 0.4) is 0 Å². The molecule has 0 aliphatic carbocycles. The maximum absolute atomic E-state index is 11.8. The first-order valence-corrected chi connectivity index (χ1v) is 11.2. The Balaban J connectivity index is 0.00000512. The van der Waals surface area contributed by atoms with Gasteiger partial charge in [-0.25, -0.2) is 4.79 Å². The Kier molecular flexibility index (Phi) is 12.7. The van der Waals surface area contributed by atoms with Crippen molar-refractivity contribution in [3.63, 3.8) is 0 Å². The van der Waals surface area contributed by atoms with Crippen molar-refractivity contribution in [1.29, 1.82) is 0 Å². The fourth-order valence-corrected chi connectivity index (χ4v) is 3.51. The number of guanidine groups is 1. The Bertz CT molecular complexity index is 718. The number of halogens is 1. The molecular weight excluding hydrogens is 521 g/mol. The predicted octanol–water partition coefficient (Wildman–Crippen LogP) is 3.53. The van der Waals surface area contributed by atoms with Gasteiger partial charge in [-0.2, -0.15) is 0 Å². The first-order chi connectivity index (χ1) is 14.8. The highest BCUT2D eigenvalue weighted by atomic mass is 127. The van der Waals surface area contributed by atoms with E-state index < -0.39 is 11.7 Å². The summed E-state index contributed by atoms with van der Waals surface area (Å²) in [5.41, 5.74) is 0.714. The number of carbonyl (C=O) groups excluding carboxylic acids is 1. The number of aliphatic imine (C=N–C) groups is 1. The van der Waals surface area contributed by atoms with Gasteiger partial charge in [-0.15, -0.1) is 24.0 Å². The Morgan fingerprint density at radius 1 is 1.16 bits per heavy atom. The van der Waals surface area contributed by atoms with Gasteiger partial charge in [0, 0.05) is 19.6 Å². The Morgan fingerprint density at radius 3 is 2.47 bits per heavy atom. The lowest BCUT2D eigenvalue weighted by molar-refractivity contribution is 0.0529. The molecule has 1 saturated heterocycles. The molecule has 32 heavy (non-hydrogen) atoms. The third kappa shape index (κ3) is 10.2. The minimum absolute atomic E-state index is 0. The van der Waals surface area contributed by atoms with Crippen LogP contribution in [0.2, 0.25) is 0 Å². The molecule has 9 heteroatoms. The molecule has 0 radical (unpaired) electrons. The summed E-state index contributed by atoms with van der Waals surface area (Å²) < 4.78 is 10.7. The Morgan fingerprint density at radius 2 is 1.84 bits per heavy atom. The van der Waals surface area contributed by atoms with Crippen LogP contribution >= 0.6 is 24.0 Å². The number of amides is 1. The van der Waals surface area contributed by atoms with E-state index in [1.165, 1.54) is 18.4 Å². The Hall–Kier alpha value is -1.75. The molecule has 1 aliphatic heterocycles. The standard InChI is InChI=1S/C23H39N5O3.HI/c1-6-24-21(25-12-13-26-22(29)31-23(2,3)4)27-17-20(28-14-7-8-15-28)18-10-9-11-19(16-18)30-5;/h9-11,16,20H,6-8,12-15,17H2,1-5H3,(H,26,29)(H2,24,25,27);1H. The summed E-state index contributed by atoms with van der Waals surface area (Å²) in [6.07, 6.45) is 2.03. The van der Waals surface area contributed by atoms with Crippen molar-refractivity contribution in [1.82, 2.24) is 20.9 Å². The molecule has 182 valence electrons. The van der Waals surface area contributed by atoms with Gasteiger partial charge >= 0.3 is 6.09 Å². The summed E-state index contributed by atoms with van der Waals surface area (Å²) in [5, 5.41) is 9.32. The number of ether oxygens (including phenoxy) is 2. The molecule has 1 aliphatic rings. The Labute approximate surface area is 209 Å². The van der Waals surface area contributed by atoms with Gasteiger partial charge in [-0.1, -0.05) is 12.1 Å². The molecule has 0 aromatic heterocycles. The summed E-state index contributed by atoms with van der Waals surface area (Å²) in [4.78, 5) is 19.1. The van der Waals surface area contributed by atoms with E-state index in [2.05, 4.69) is 33.0 Å². The maximum Gasteiger partial charge on any atom is 0.407 e. The zero-order valence-electron chi connectivity index (χ0n) is 20.1. The lowest BCUT2D eigenvalue weighted by Crippen LogP contribution is -2.43. The highest BCUT2D eigenvalue weighted by Gasteiger charge is 2.24. The number of rotatable bonds is 9. The van der Waals surface area contributed by atoms with Gasteiger partial charge in [0.1, 0.15) is 11.4 Å². The fourth-order valence-electron chi connectivity index (χ4n) is 3.51. The van der Waals surface area contributed by atoms with Crippen LogP contribution < -0.4 is 20.7 Å². The van der Waals surface area contributed by atoms with Crippen LogP contribution in [0.1, 0.15) is 52.1 Å². The van der Waals surface area contributed by atoms with Crippen LogP contribution in [0.25, 0.3) is 0 Å². The van der Waals surface area contributed by atoms with Crippen molar-refractivity contribution in [2.24, 2.45) is 4.99 Å². The normalized spacial score (nSPS) is 15.5. The van der Waals surface area contributed by atoms with Gasteiger partial charge < -0.3 is 25.4 Å². The van der Waals surface area contributed by atoms with Gasteiger partial charge in [-0.05, 0) is 71.3 Å². The second-order valence-corrected chi connectivity index (χ2v) is 8.61. The van der Waals surface area contributed by atoms with E-state index in [1.54, 1.807) is 7.11 Å². The summed E-state index contributed by atoms with van der Waals surface area (Å²) in [5.74, 6) is 1.60. The van der Waals surface area contributed by atoms with Gasteiger partial charge in [0.05, 0.1) is 19.7 Å².